The standard InChI is InChI=1S/C18H20N2O3/c1-11-8-9-14(20-12(2)21)17(19-11)22-15-7-5-6-13-10-18(3,4)23-16(13)15/h5-9H,10H2,1-4H3,(H,20,21). The van der Waals surface area contributed by atoms with E-state index in [1.807, 2.05) is 45.0 Å². The minimum absolute atomic E-state index is 0.170. The van der Waals surface area contributed by atoms with E-state index in [0.717, 1.165) is 23.4 Å². The zero-order valence-electron chi connectivity index (χ0n) is 13.8. The number of carbonyl (C=O) groups is 1. The van der Waals surface area contributed by atoms with Crippen LogP contribution in [0.4, 0.5) is 5.69 Å². The molecule has 23 heavy (non-hydrogen) atoms. The Labute approximate surface area is 135 Å². The quantitative estimate of drug-likeness (QED) is 0.935. The Hall–Kier alpha value is -2.56. The van der Waals surface area contributed by atoms with Crippen LogP contribution >= 0.6 is 0 Å². The number of rotatable bonds is 3. The van der Waals surface area contributed by atoms with Gasteiger partial charge >= 0.3 is 0 Å². The normalized spacial score (nSPS) is 14.8. The number of benzene rings is 1. The number of fused-ring (bicyclic) bond motifs is 1. The number of anilines is 1. The SMILES string of the molecule is CC(=O)Nc1ccc(C)nc1Oc1cccc2c1OC(C)(C)C2. The Kier molecular flexibility index (Phi) is 3.72. The summed E-state index contributed by atoms with van der Waals surface area (Å²) >= 11 is 0. The largest absolute Gasteiger partial charge is 0.483 e. The third kappa shape index (κ3) is 3.28. The number of pyridine rings is 1. The van der Waals surface area contributed by atoms with Crippen molar-refractivity contribution < 1.29 is 14.3 Å². The van der Waals surface area contributed by atoms with Gasteiger partial charge in [0.15, 0.2) is 11.5 Å². The summed E-state index contributed by atoms with van der Waals surface area (Å²) in [6.07, 6.45) is 0.833. The van der Waals surface area contributed by atoms with Crippen LogP contribution in [0.3, 0.4) is 0 Å². The van der Waals surface area contributed by atoms with Gasteiger partial charge in [-0.2, -0.15) is 0 Å². The first-order valence-electron chi connectivity index (χ1n) is 7.58. The molecule has 1 aliphatic heterocycles. The lowest BCUT2D eigenvalue weighted by atomic mass is 10.0. The van der Waals surface area contributed by atoms with Crippen LogP contribution in [-0.4, -0.2) is 16.5 Å². The van der Waals surface area contributed by atoms with Crippen molar-refractivity contribution in [2.24, 2.45) is 0 Å². The highest BCUT2D eigenvalue weighted by atomic mass is 16.5. The maximum Gasteiger partial charge on any atom is 0.243 e. The molecule has 2 heterocycles. The predicted molar refractivity (Wildman–Crippen MR) is 88.2 cm³/mol. The smallest absolute Gasteiger partial charge is 0.243 e. The van der Waals surface area contributed by atoms with Crippen molar-refractivity contribution in [1.29, 1.82) is 0 Å². The minimum atomic E-state index is -0.248. The van der Waals surface area contributed by atoms with Crippen molar-refractivity contribution in [2.75, 3.05) is 5.32 Å². The summed E-state index contributed by atoms with van der Waals surface area (Å²) in [5.74, 6) is 1.55. The van der Waals surface area contributed by atoms with Crippen molar-refractivity contribution in [2.45, 2.75) is 39.7 Å². The lowest BCUT2D eigenvalue weighted by molar-refractivity contribution is -0.114. The fourth-order valence-electron chi connectivity index (χ4n) is 2.67. The number of nitrogens with zero attached hydrogens (tertiary/aromatic N) is 1. The average Bonchev–Trinajstić information content (AvgIpc) is 2.76. The van der Waals surface area contributed by atoms with E-state index in [1.165, 1.54) is 6.92 Å². The lowest BCUT2D eigenvalue weighted by Crippen LogP contribution is -2.24. The van der Waals surface area contributed by atoms with E-state index in [-0.39, 0.29) is 11.5 Å². The summed E-state index contributed by atoms with van der Waals surface area (Å²) in [6, 6.07) is 9.43. The van der Waals surface area contributed by atoms with Gasteiger partial charge in [-0.05, 0) is 39.0 Å². The van der Waals surface area contributed by atoms with E-state index >= 15 is 0 Å². The summed E-state index contributed by atoms with van der Waals surface area (Å²) in [5, 5.41) is 2.74. The zero-order valence-corrected chi connectivity index (χ0v) is 13.8. The highest BCUT2D eigenvalue weighted by Gasteiger charge is 2.32. The summed E-state index contributed by atoms with van der Waals surface area (Å²) in [4.78, 5) is 15.7. The van der Waals surface area contributed by atoms with Gasteiger partial charge in [-0.1, -0.05) is 12.1 Å². The number of hydrogen-bond donors (Lipinski definition) is 1. The zero-order chi connectivity index (χ0) is 16.6. The van der Waals surface area contributed by atoms with Crippen molar-refractivity contribution in [1.82, 2.24) is 4.98 Å². The van der Waals surface area contributed by atoms with Crippen molar-refractivity contribution in [3.63, 3.8) is 0 Å². The highest BCUT2D eigenvalue weighted by Crippen LogP contribution is 2.43. The van der Waals surface area contributed by atoms with Crippen LogP contribution in [0.5, 0.6) is 17.4 Å². The predicted octanol–water partition coefficient (Wildman–Crippen LogP) is 3.85. The molecule has 0 bridgehead atoms. The first-order valence-corrected chi connectivity index (χ1v) is 7.58. The van der Waals surface area contributed by atoms with Crippen LogP contribution in [0.2, 0.25) is 0 Å². The van der Waals surface area contributed by atoms with Crippen molar-refractivity contribution in [3.8, 4) is 17.4 Å². The number of aryl methyl sites for hydroxylation is 1. The second-order valence-corrected chi connectivity index (χ2v) is 6.37. The monoisotopic (exact) mass is 312 g/mol. The van der Waals surface area contributed by atoms with Gasteiger partial charge in [-0.25, -0.2) is 4.98 Å². The van der Waals surface area contributed by atoms with Gasteiger partial charge in [-0.15, -0.1) is 0 Å². The Morgan fingerprint density at radius 2 is 2.09 bits per heavy atom. The van der Waals surface area contributed by atoms with E-state index < -0.39 is 0 Å². The molecule has 1 aromatic carbocycles. The molecule has 1 aliphatic rings. The third-order valence-electron chi connectivity index (χ3n) is 3.57. The first kappa shape index (κ1) is 15.3. The van der Waals surface area contributed by atoms with Gasteiger partial charge in [0.25, 0.3) is 0 Å². The molecule has 120 valence electrons. The summed E-state index contributed by atoms with van der Waals surface area (Å²) in [6.45, 7) is 7.42. The van der Waals surface area contributed by atoms with Gasteiger partial charge < -0.3 is 14.8 Å². The topological polar surface area (TPSA) is 60.5 Å². The van der Waals surface area contributed by atoms with Gasteiger partial charge in [0.1, 0.15) is 11.3 Å². The van der Waals surface area contributed by atoms with E-state index in [9.17, 15) is 4.79 Å². The summed E-state index contributed by atoms with van der Waals surface area (Å²) in [5.41, 5.74) is 2.21. The van der Waals surface area contributed by atoms with Crippen LogP contribution in [0.25, 0.3) is 0 Å². The number of amides is 1. The molecule has 0 unspecified atom stereocenters. The lowest BCUT2D eigenvalue weighted by Gasteiger charge is -2.18. The Morgan fingerprint density at radius 1 is 1.30 bits per heavy atom. The number of carbonyl (C=O) groups excluding carboxylic acids is 1. The molecule has 0 fully saturated rings. The Morgan fingerprint density at radius 3 is 2.83 bits per heavy atom. The fraction of sp³-hybridized carbons (Fsp3) is 0.333. The van der Waals surface area contributed by atoms with Crippen LogP contribution in [0.15, 0.2) is 30.3 Å². The number of nitrogens with one attached hydrogen (secondary N) is 1. The molecule has 0 spiro atoms. The number of ether oxygens (including phenoxy) is 2. The molecular formula is C18H20N2O3. The molecule has 1 amide bonds. The molecular weight excluding hydrogens is 292 g/mol. The maximum atomic E-state index is 11.4. The van der Waals surface area contributed by atoms with Gasteiger partial charge in [0, 0.05) is 24.6 Å². The first-order chi connectivity index (χ1) is 10.8. The molecule has 1 N–H and O–H groups in total. The second kappa shape index (κ2) is 5.57. The molecule has 5 heteroatoms. The highest BCUT2D eigenvalue weighted by molar-refractivity contribution is 5.90. The van der Waals surface area contributed by atoms with Crippen LogP contribution in [0.1, 0.15) is 32.0 Å². The molecule has 5 nitrogen and oxygen atoms in total. The molecule has 0 saturated heterocycles. The number of aromatic nitrogens is 1. The Bertz CT molecular complexity index is 769. The molecule has 0 atom stereocenters. The molecule has 0 saturated carbocycles. The third-order valence-corrected chi connectivity index (χ3v) is 3.57. The van der Waals surface area contributed by atoms with Gasteiger partial charge in [0.2, 0.25) is 11.8 Å². The number of para-hydroxylation sites is 1. The molecule has 3 rings (SSSR count). The van der Waals surface area contributed by atoms with E-state index in [2.05, 4.69) is 10.3 Å². The van der Waals surface area contributed by atoms with Gasteiger partial charge in [-0.3, -0.25) is 4.79 Å². The summed E-state index contributed by atoms with van der Waals surface area (Å²) in [7, 11) is 0. The molecule has 0 aliphatic carbocycles. The van der Waals surface area contributed by atoms with Crippen LogP contribution in [-0.2, 0) is 11.2 Å². The maximum absolute atomic E-state index is 11.4. The molecule has 1 aromatic heterocycles. The van der Waals surface area contributed by atoms with Crippen LogP contribution in [0, 0.1) is 6.92 Å². The molecule has 2 aromatic rings. The van der Waals surface area contributed by atoms with Crippen molar-refractivity contribution >= 4 is 11.6 Å². The number of hydrogen-bond acceptors (Lipinski definition) is 4. The molecule has 0 radical (unpaired) electrons. The van der Waals surface area contributed by atoms with E-state index in [0.29, 0.717) is 17.3 Å². The second-order valence-electron chi connectivity index (χ2n) is 6.37. The van der Waals surface area contributed by atoms with E-state index in [4.69, 9.17) is 9.47 Å². The van der Waals surface area contributed by atoms with Gasteiger partial charge in [0.05, 0.1) is 0 Å². The van der Waals surface area contributed by atoms with E-state index in [1.54, 1.807) is 6.07 Å². The van der Waals surface area contributed by atoms with Crippen LogP contribution < -0.4 is 14.8 Å². The fourth-order valence-corrected chi connectivity index (χ4v) is 2.67. The minimum Gasteiger partial charge on any atom is -0.483 e. The Balaban J connectivity index is 1.97. The summed E-state index contributed by atoms with van der Waals surface area (Å²) < 4.78 is 12.0. The van der Waals surface area contributed by atoms with Crippen molar-refractivity contribution in [3.05, 3.63) is 41.6 Å². The average molecular weight is 312 g/mol.